The van der Waals surface area contributed by atoms with E-state index in [0.717, 1.165) is 12.3 Å². The van der Waals surface area contributed by atoms with Crippen molar-refractivity contribution in [1.82, 2.24) is 4.98 Å². The van der Waals surface area contributed by atoms with Crippen molar-refractivity contribution in [2.75, 3.05) is 0 Å². The van der Waals surface area contributed by atoms with Crippen LogP contribution < -0.4 is 4.74 Å². The fourth-order valence-corrected chi connectivity index (χ4v) is 1.45. The first kappa shape index (κ1) is 12.9. The second-order valence-corrected chi connectivity index (χ2v) is 3.82. The van der Waals surface area contributed by atoms with Crippen molar-refractivity contribution in [3.63, 3.8) is 0 Å². The Labute approximate surface area is 107 Å². The Hall–Kier alpha value is -2.50. The maximum atomic E-state index is 13.8. The van der Waals surface area contributed by atoms with Crippen LogP contribution in [0.25, 0.3) is 0 Å². The van der Waals surface area contributed by atoms with E-state index in [4.69, 9.17) is 9.84 Å². The number of aromatic carboxylic acids is 1. The summed E-state index contributed by atoms with van der Waals surface area (Å²) in [5.41, 5.74) is 0.129. The van der Waals surface area contributed by atoms with E-state index in [2.05, 4.69) is 4.98 Å². The molecule has 0 saturated heterocycles. The maximum Gasteiger partial charge on any atom is 0.338 e. The van der Waals surface area contributed by atoms with Gasteiger partial charge in [0.05, 0.1) is 0 Å². The highest BCUT2D eigenvalue weighted by Crippen LogP contribution is 2.27. The zero-order valence-corrected chi connectivity index (χ0v) is 9.85. The summed E-state index contributed by atoms with van der Waals surface area (Å²) >= 11 is 0. The number of benzene rings is 1. The lowest BCUT2D eigenvalue weighted by atomic mass is 10.2. The van der Waals surface area contributed by atoms with Crippen molar-refractivity contribution in [3.05, 3.63) is 53.2 Å². The van der Waals surface area contributed by atoms with Crippen LogP contribution in [-0.2, 0) is 0 Å². The monoisotopic (exact) mass is 265 g/mol. The van der Waals surface area contributed by atoms with Gasteiger partial charge < -0.3 is 9.84 Å². The third kappa shape index (κ3) is 2.67. The average molecular weight is 265 g/mol. The maximum absolute atomic E-state index is 13.8. The third-order valence-electron chi connectivity index (χ3n) is 2.38. The van der Waals surface area contributed by atoms with E-state index in [1.54, 1.807) is 6.92 Å². The van der Waals surface area contributed by atoms with E-state index >= 15 is 0 Å². The van der Waals surface area contributed by atoms with E-state index in [0.29, 0.717) is 5.56 Å². The number of ether oxygens (including phenoxy) is 1. The van der Waals surface area contributed by atoms with Gasteiger partial charge in [-0.1, -0.05) is 6.07 Å². The molecule has 2 rings (SSSR count). The SMILES string of the molecule is Cc1ccc(F)c(Oc2nccc(C(=O)O)c2F)c1. The number of carboxylic acids is 1. The molecular weight excluding hydrogens is 256 g/mol. The van der Waals surface area contributed by atoms with E-state index in [1.165, 1.54) is 18.2 Å². The van der Waals surface area contributed by atoms with Crippen molar-refractivity contribution in [1.29, 1.82) is 0 Å². The van der Waals surface area contributed by atoms with Gasteiger partial charge in [-0.05, 0) is 30.7 Å². The normalized spacial score (nSPS) is 10.3. The second kappa shape index (κ2) is 5.01. The topological polar surface area (TPSA) is 59.4 Å². The number of hydrogen-bond donors (Lipinski definition) is 1. The highest BCUT2D eigenvalue weighted by atomic mass is 19.1. The van der Waals surface area contributed by atoms with Gasteiger partial charge in [0.1, 0.15) is 5.56 Å². The molecule has 1 heterocycles. The molecule has 0 saturated carbocycles. The molecule has 6 heteroatoms. The molecular formula is C13H9F2NO3. The van der Waals surface area contributed by atoms with Gasteiger partial charge in [-0.25, -0.2) is 18.6 Å². The van der Waals surface area contributed by atoms with Crippen LogP contribution in [-0.4, -0.2) is 16.1 Å². The Morgan fingerprint density at radius 3 is 2.74 bits per heavy atom. The molecule has 1 aromatic heterocycles. The van der Waals surface area contributed by atoms with Crippen LogP contribution >= 0.6 is 0 Å². The molecule has 1 aromatic carbocycles. The van der Waals surface area contributed by atoms with Gasteiger partial charge in [0.15, 0.2) is 17.4 Å². The highest BCUT2D eigenvalue weighted by molar-refractivity contribution is 5.88. The Kier molecular flexibility index (Phi) is 3.41. The first-order chi connectivity index (χ1) is 8.99. The van der Waals surface area contributed by atoms with Crippen LogP contribution in [0.15, 0.2) is 30.5 Å². The minimum Gasteiger partial charge on any atom is -0.478 e. The standard InChI is InChI=1S/C13H9F2NO3/c1-7-2-3-9(14)10(6-7)19-12-11(15)8(13(17)18)4-5-16-12/h2-6H,1H3,(H,17,18). The molecule has 0 atom stereocenters. The zero-order valence-electron chi connectivity index (χ0n) is 9.85. The number of carbonyl (C=O) groups is 1. The molecule has 1 N–H and O–H groups in total. The fraction of sp³-hybridized carbons (Fsp3) is 0.0769. The van der Waals surface area contributed by atoms with E-state index in [-0.39, 0.29) is 5.75 Å². The second-order valence-electron chi connectivity index (χ2n) is 3.82. The molecule has 0 fully saturated rings. The summed E-state index contributed by atoms with van der Waals surface area (Å²) in [5, 5.41) is 8.76. The molecule has 0 aliphatic carbocycles. The van der Waals surface area contributed by atoms with Gasteiger partial charge in [-0.3, -0.25) is 0 Å². The van der Waals surface area contributed by atoms with Gasteiger partial charge >= 0.3 is 5.97 Å². The smallest absolute Gasteiger partial charge is 0.338 e. The summed E-state index contributed by atoms with van der Waals surface area (Å²) in [6, 6.07) is 5.06. The summed E-state index contributed by atoms with van der Waals surface area (Å²) in [5.74, 6) is -4.07. The van der Waals surface area contributed by atoms with Crippen LogP contribution in [0.1, 0.15) is 15.9 Å². The Morgan fingerprint density at radius 2 is 2.05 bits per heavy atom. The zero-order chi connectivity index (χ0) is 14.0. The number of halogens is 2. The van der Waals surface area contributed by atoms with Gasteiger partial charge in [0.2, 0.25) is 0 Å². The quantitative estimate of drug-likeness (QED) is 0.926. The molecule has 2 aromatic rings. The lowest BCUT2D eigenvalue weighted by Crippen LogP contribution is -2.04. The molecule has 0 aliphatic rings. The molecule has 0 bridgehead atoms. The van der Waals surface area contributed by atoms with Gasteiger partial charge in [0.25, 0.3) is 5.88 Å². The lowest BCUT2D eigenvalue weighted by Gasteiger charge is -2.08. The largest absolute Gasteiger partial charge is 0.478 e. The minimum atomic E-state index is -1.45. The van der Waals surface area contributed by atoms with Crippen molar-refractivity contribution < 1.29 is 23.4 Å². The summed E-state index contributed by atoms with van der Waals surface area (Å²) in [7, 11) is 0. The molecule has 0 spiro atoms. The Morgan fingerprint density at radius 1 is 1.32 bits per heavy atom. The lowest BCUT2D eigenvalue weighted by molar-refractivity contribution is 0.0690. The first-order valence-corrected chi connectivity index (χ1v) is 5.31. The van der Waals surface area contributed by atoms with Crippen molar-refractivity contribution in [2.45, 2.75) is 6.92 Å². The minimum absolute atomic E-state index is 0.214. The number of aromatic nitrogens is 1. The van der Waals surface area contributed by atoms with Crippen LogP contribution in [0.5, 0.6) is 11.6 Å². The fourth-order valence-electron chi connectivity index (χ4n) is 1.45. The molecule has 0 amide bonds. The highest BCUT2D eigenvalue weighted by Gasteiger charge is 2.17. The van der Waals surface area contributed by atoms with Gasteiger partial charge in [0, 0.05) is 6.20 Å². The number of nitrogens with zero attached hydrogens (tertiary/aromatic N) is 1. The summed E-state index contributed by atoms with van der Waals surface area (Å²) < 4.78 is 32.2. The van der Waals surface area contributed by atoms with Gasteiger partial charge in [-0.15, -0.1) is 0 Å². The van der Waals surface area contributed by atoms with E-state index < -0.39 is 29.0 Å². The number of carboxylic acid groups (broad SMARTS) is 1. The van der Waals surface area contributed by atoms with Crippen molar-refractivity contribution >= 4 is 5.97 Å². The number of hydrogen-bond acceptors (Lipinski definition) is 3. The molecule has 0 radical (unpaired) electrons. The first-order valence-electron chi connectivity index (χ1n) is 5.31. The molecule has 0 unspecified atom stereocenters. The average Bonchev–Trinajstić information content (AvgIpc) is 2.36. The van der Waals surface area contributed by atoms with Crippen LogP contribution in [0.4, 0.5) is 8.78 Å². The van der Waals surface area contributed by atoms with E-state index in [1.807, 2.05) is 0 Å². The molecule has 19 heavy (non-hydrogen) atoms. The van der Waals surface area contributed by atoms with Crippen molar-refractivity contribution in [2.24, 2.45) is 0 Å². The summed E-state index contributed by atoms with van der Waals surface area (Å²) in [6.07, 6.45) is 1.08. The molecule has 4 nitrogen and oxygen atoms in total. The molecule has 98 valence electrons. The predicted octanol–water partition coefficient (Wildman–Crippen LogP) is 3.16. The van der Waals surface area contributed by atoms with Crippen LogP contribution in [0, 0.1) is 18.6 Å². The number of aryl methyl sites for hydroxylation is 1. The van der Waals surface area contributed by atoms with Crippen molar-refractivity contribution in [3.8, 4) is 11.6 Å². The Balaban J connectivity index is 2.41. The predicted molar refractivity (Wildman–Crippen MR) is 62.4 cm³/mol. The van der Waals surface area contributed by atoms with Crippen LogP contribution in [0.3, 0.4) is 0 Å². The number of rotatable bonds is 3. The third-order valence-corrected chi connectivity index (χ3v) is 2.38. The van der Waals surface area contributed by atoms with Gasteiger partial charge in [-0.2, -0.15) is 0 Å². The van der Waals surface area contributed by atoms with Crippen LogP contribution in [0.2, 0.25) is 0 Å². The Bertz CT molecular complexity index is 644. The molecule has 0 aliphatic heterocycles. The number of pyridine rings is 1. The summed E-state index contributed by atoms with van der Waals surface area (Å²) in [6.45, 7) is 1.71. The van der Waals surface area contributed by atoms with E-state index in [9.17, 15) is 13.6 Å². The summed E-state index contributed by atoms with van der Waals surface area (Å²) in [4.78, 5) is 14.3.